The summed E-state index contributed by atoms with van der Waals surface area (Å²) < 4.78 is 18.4. The van der Waals surface area contributed by atoms with Gasteiger partial charge >= 0.3 is 0 Å². The van der Waals surface area contributed by atoms with Gasteiger partial charge in [-0.05, 0) is 42.8 Å². The lowest BCUT2D eigenvalue weighted by atomic mass is 10.0. The Bertz CT molecular complexity index is 829. The van der Waals surface area contributed by atoms with E-state index in [1.165, 1.54) is 36.0 Å². The number of anilines is 1. The van der Waals surface area contributed by atoms with Gasteiger partial charge in [0, 0.05) is 16.5 Å². The van der Waals surface area contributed by atoms with Crippen LogP contribution < -0.4 is 10.6 Å². The van der Waals surface area contributed by atoms with E-state index >= 15 is 0 Å². The number of carbonyl (C=O) groups is 2. The number of benzene rings is 2. The standard InChI is InChI=1S/C21H23FN2O3S/c1-2-14-11-27-12-18(14)24-21(26)17-5-3-4-6-19(17)28-13-20(25)23-16-9-7-15(22)8-10-16/h3-10,14,18H,2,11-13H2,1H3,(H,23,25)(H,24,26). The second-order valence-corrected chi connectivity index (χ2v) is 7.64. The Labute approximate surface area is 168 Å². The molecule has 0 aromatic heterocycles. The van der Waals surface area contributed by atoms with Gasteiger partial charge in [-0.25, -0.2) is 4.39 Å². The molecule has 5 nitrogen and oxygen atoms in total. The van der Waals surface area contributed by atoms with E-state index < -0.39 is 0 Å². The van der Waals surface area contributed by atoms with Crippen LogP contribution in [0.4, 0.5) is 10.1 Å². The zero-order chi connectivity index (χ0) is 19.9. The van der Waals surface area contributed by atoms with Crippen molar-refractivity contribution >= 4 is 29.3 Å². The van der Waals surface area contributed by atoms with Gasteiger partial charge in [0.15, 0.2) is 0 Å². The van der Waals surface area contributed by atoms with Gasteiger partial charge in [0.25, 0.3) is 5.91 Å². The summed E-state index contributed by atoms with van der Waals surface area (Å²) in [5.74, 6) is -0.264. The summed E-state index contributed by atoms with van der Waals surface area (Å²) in [4.78, 5) is 25.6. The molecule has 2 amide bonds. The highest BCUT2D eigenvalue weighted by Crippen LogP contribution is 2.24. The Morgan fingerprint density at radius 2 is 1.89 bits per heavy atom. The Balaban J connectivity index is 1.59. The third-order valence-corrected chi connectivity index (χ3v) is 5.73. The molecule has 3 rings (SSSR count). The molecule has 0 aliphatic carbocycles. The maximum absolute atomic E-state index is 12.9. The number of hydrogen-bond acceptors (Lipinski definition) is 4. The zero-order valence-electron chi connectivity index (χ0n) is 15.6. The molecule has 148 valence electrons. The molecule has 1 aliphatic heterocycles. The monoisotopic (exact) mass is 402 g/mol. The van der Waals surface area contributed by atoms with Crippen LogP contribution in [0, 0.1) is 11.7 Å². The molecule has 0 saturated carbocycles. The van der Waals surface area contributed by atoms with Gasteiger partial charge in [0.2, 0.25) is 5.91 Å². The van der Waals surface area contributed by atoms with Gasteiger partial charge in [-0.1, -0.05) is 19.1 Å². The predicted octanol–water partition coefficient (Wildman–Crippen LogP) is 3.71. The molecule has 0 radical (unpaired) electrons. The summed E-state index contributed by atoms with van der Waals surface area (Å²) in [6, 6.07) is 12.8. The number of thioether (sulfide) groups is 1. The quantitative estimate of drug-likeness (QED) is 0.693. The molecular formula is C21H23FN2O3S. The van der Waals surface area contributed by atoms with Crippen molar-refractivity contribution in [2.24, 2.45) is 5.92 Å². The molecule has 2 aromatic rings. The predicted molar refractivity (Wildman–Crippen MR) is 108 cm³/mol. The lowest BCUT2D eigenvalue weighted by molar-refractivity contribution is -0.113. The molecule has 7 heteroatoms. The van der Waals surface area contributed by atoms with Crippen LogP contribution in [0.25, 0.3) is 0 Å². The van der Waals surface area contributed by atoms with Crippen LogP contribution in [0.2, 0.25) is 0 Å². The number of nitrogens with one attached hydrogen (secondary N) is 2. The maximum atomic E-state index is 12.9. The van der Waals surface area contributed by atoms with Crippen molar-refractivity contribution in [2.45, 2.75) is 24.3 Å². The summed E-state index contributed by atoms with van der Waals surface area (Å²) >= 11 is 1.29. The zero-order valence-corrected chi connectivity index (χ0v) is 16.4. The molecule has 2 unspecified atom stereocenters. The highest BCUT2D eigenvalue weighted by Gasteiger charge is 2.28. The second-order valence-electron chi connectivity index (χ2n) is 6.63. The van der Waals surface area contributed by atoms with Crippen LogP contribution in [-0.4, -0.2) is 36.8 Å². The maximum Gasteiger partial charge on any atom is 0.252 e. The molecule has 2 aromatic carbocycles. The highest BCUT2D eigenvalue weighted by molar-refractivity contribution is 8.00. The van der Waals surface area contributed by atoms with Gasteiger partial charge in [-0.2, -0.15) is 0 Å². The third kappa shape index (κ3) is 5.33. The lowest BCUT2D eigenvalue weighted by Gasteiger charge is -2.18. The van der Waals surface area contributed by atoms with E-state index in [9.17, 15) is 14.0 Å². The van der Waals surface area contributed by atoms with Gasteiger partial charge in [0.05, 0.1) is 30.6 Å². The fraction of sp³-hybridized carbons (Fsp3) is 0.333. The number of amides is 2. The molecule has 2 atom stereocenters. The molecule has 2 N–H and O–H groups in total. The number of rotatable bonds is 7. The minimum atomic E-state index is -0.356. The van der Waals surface area contributed by atoms with Crippen molar-refractivity contribution < 1.29 is 18.7 Å². The molecule has 0 bridgehead atoms. The number of ether oxygens (including phenoxy) is 1. The summed E-state index contributed by atoms with van der Waals surface area (Å²) in [5, 5.41) is 5.77. The van der Waals surface area contributed by atoms with E-state index in [0.29, 0.717) is 30.4 Å². The average molecular weight is 402 g/mol. The molecule has 1 aliphatic rings. The summed E-state index contributed by atoms with van der Waals surface area (Å²) in [6.07, 6.45) is 0.949. The largest absolute Gasteiger partial charge is 0.379 e. The van der Waals surface area contributed by atoms with Crippen LogP contribution in [0.1, 0.15) is 23.7 Å². The van der Waals surface area contributed by atoms with Crippen molar-refractivity contribution in [1.82, 2.24) is 5.32 Å². The molecule has 1 saturated heterocycles. The van der Waals surface area contributed by atoms with Crippen LogP contribution in [0.15, 0.2) is 53.4 Å². The van der Waals surface area contributed by atoms with Gasteiger partial charge < -0.3 is 15.4 Å². The molecular weight excluding hydrogens is 379 g/mol. The van der Waals surface area contributed by atoms with E-state index in [-0.39, 0.29) is 29.4 Å². The van der Waals surface area contributed by atoms with E-state index in [1.54, 1.807) is 12.1 Å². The molecule has 1 fully saturated rings. The smallest absolute Gasteiger partial charge is 0.252 e. The SMILES string of the molecule is CCC1COCC1NC(=O)c1ccccc1SCC(=O)Nc1ccc(F)cc1. The molecule has 0 spiro atoms. The summed E-state index contributed by atoms with van der Waals surface area (Å²) in [7, 11) is 0. The number of hydrogen-bond donors (Lipinski definition) is 2. The van der Waals surface area contributed by atoms with Crippen molar-refractivity contribution in [1.29, 1.82) is 0 Å². The van der Waals surface area contributed by atoms with E-state index in [4.69, 9.17) is 4.74 Å². The first-order valence-electron chi connectivity index (χ1n) is 9.22. The Morgan fingerprint density at radius 3 is 2.64 bits per heavy atom. The third-order valence-electron chi connectivity index (χ3n) is 4.66. The fourth-order valence-corrected chi connectivity index (χ4v) is 3.91. The first kappa shape index (κ1) is 20.4. The highest BCUT2D eigenvalue weighted by atomic mass is 32.2. The van der Waals surface area contributed by atoms with Gasteiger partial charge in [0.1, 0.15) is 5.82 Å². The summed E-state index contributed by atoms with van der Waals surface area (Å²) in [6.45, 7) is 3.28. The first-order chi connectivity index (χ1) is 13.6. The lowest BCUT2D eigenvalue weighted by Crippen LogP contribution is -2.39. The first-order valence-corrected chi connectivity index (χ1v) is 10.2. The van der Waals surface area contributed by atoms with Crippen molar-refractivity contribution in [2.75, 3.05) is 24.3 Å². The van der Waals surface area contributed by atoms with Crippen LogP contribution in [0.3, 0.4) is 0 Å². The van der Waals surface area contributed by atoms with E-state index in [2.05, 4.69) is 17.6 Å². The van der Waals surface area contributed by atoms with E-state index in [1.807, 2.05) is 12.1 Å². The minimum absolute atomic E-state index is 0.0114. The van der Waals surface area contributed by atoms with Crippen molar-refractivity contribution in [3.05, 3.63) is 59.9 Å². The summed E-state index contributed by atoms with van der Waals surface area (Å²) in [5.41, 5.74) is 1.08. The average Bonchev–Trinajstić information content (AvgIpc) is 3.15. The van der Waals surface area contributed by atoms with Crippen LogP contribution in [0.5, 0.6) is 0 Å². The number of halogens is 1. The van der Waals surface area contributed by atoms with E-state index in [0.717, 1.165) is 11.3 Å². The van der Waals surface area contributed by atoms with Crippen LogP contribution in [-0.2, 0) is 9.53 Å². The Kier molecular flexibility index (Phi) is 7.06. The fourth-order valence-electron chi connectivity index (χ4n) is 3.06. The molecule has 28 heavy (non-hydrogen) atoms. The number of carbonyl (C=O) groups excluding carboxylic acids is 2. The van der Waals surface area contributed by atoms with Crippen molar-refractivity contribution in [3.63, 3.8) is 0 Å². The molecule has 1 heterocycles. The normalized spacial score (nSPS) is 18.6. The second kappa shape index (κ2) is 9.71. The van der Waals surface area contributed by atoms with Gasteiger partial charge in [-0.15, -0.1) is 11.8 Å². The Morgan fingerprint density at radius 1 is 1.14 bits per heavy atom. The van der Waals surface area contributed by atoms with Crippen LogP contribution >= 0.6 is 11.8 Å². The Hall–Kier alpha value is -2.38. The van der Waals surface area contributed by atoms with Crippen molar-refractivity contribution in [3.8, 4) is 0 Å². The van der Waals surface area contributed by atoms with Gasteiger partial charge in [-0.3, -0.25) is 9.59 Å². The topological polar surface area (TPSA) is 67.4 Å². The minimum Gasteiger partial charge on any atom is -0.379 e.